The Labute approximate surface area is 88.1 Å². The first-order valence-corrected chi connectivity index (χ1v) is 4.78. The summed E-state index contributed by atoms with van der Waals surface area (Å²) in [5.41, 5.74) is 0.293. The Hall–Kier alpha value is -1.39. The highest BCUT2D eigenvalue weighted by atomic mass is 16.8. The van der Waals surface area contributed by atoms with Gasteiger partial charge < -0.3 is 14.9 Å². The van der Waals surface area contributed by atoms with Crippen LogP contribution in [0.5, 0.6) is 0 Å². The molecular formula is C11H14O4. The van der Waals surface area contributed by atoms with E-state index in [-0.39, 0.29) is 6.42 Å². The lowest BCUT2D eigenvalue weighted by atomic mass is 10.2. The summed E-state index contributed by atoms with van der Waals surface area (Å²) in [7, 11) is 0. The van der Waals surface area contributed by atoms with Crippen LogP contribution in [0.1, 0.15) is 30.1 Å². The Kier molecular flexibility index (Phi) is 3.82. The molecule has 0 heterocycles. The quantitative estimate of drug-likeness (QED) is 0.580. The highest BCUT2D eigenvalue weighted by molar-refractivity contribution is 5.89. The Morgan fingerprint density at radius 1 is 1.33 bits per heavy atom. The van der Waals surface area contributed by atoms with Gasteiger partial charge in [0.2, 0.25) is 0 Å². The normalized spacial score (nSPS) is 11.1. The molecule has 0 bridgehead atoms. The van der Waals surface area contributed by atoms with Crippen LogP contribution in [-0.2, 0) is 4.74 Å². The third-order valence-electron chi connectivity index (χ3n) is 1.84. The maximum Gasteiger partial charge on any atom is 0.342 e. The smallest absolute Gasteiger partial charge is 0.342 e. The average molecular weight is 210 g/mol. The zero-order chi connectivity index (χ0) is 11.3. The first kappa shape index (κ1) is 11.7. The summed E-state index contributed by atoms with van der Waals surface area (Å²) in [6, 6.07) is 8.20. The van der Waals surface area contributed by atoms with Crippen LogP contribution in [0, 0.1) is 0 Å². The van der Waals surface area contributed by atoms with Crippen LogP contribution in [0.2, 0.25) is 0 Å². The molecular weight excluding hydrogens is 196 g/mol. The third-order valence-corrected chi connectivity index (χ3v) is 1.84. The van der Waals surface area contributed by atoms with Crippen LogP contribution in [0.25, 0.3) is 0 Å². The number of hydrogen-bond acceptors (Lipinski definition) is 4. The lowest BCUT2D eigenvalue weighted by molar-refractivity contribution is -0.310. The topological polar surface area (TPSA) is 66.8 Å². The monoisotopic (exact) mass is 210 g/mol. The van der Waals surface area contributed by atoms with Gasteiger partial charge in [-0.2, -0.15) is 0 Å². The van der Waals surface area contributed by atoms with Crippen LogP contribution in [0.3, 0.4) is 0 Å². The Bertz CT molecular complexity index is 319. The first-order valence-electron chi connectivity index (χ1n) is 4.78. The maximum atomic E-state index is 11.4. The van der Waals surface area contributed by atoms with E-state index in [9.17, 15) is 15.0 Å². The van der Waals surface area contributed by atoms with Crippen molar-refractivity contribution in [3.8, 4) is 0 Å². The average Bonchev–Trinajstić information content (AvgIpc) is 2.18. The van der Waals surface area contributed by atoms with E-state index in [0.29, 0.717) is 12.0 Å². The molecule has 0 amide bonds. The van der Waals surface area contributed by atoms with Crippen LogP contribution >= 0.6 is 0 Å². The number of aliphatic hydroxyl groups is 2. The highest BCUT2D eigenvalue weighted by Gasteiger charge is 2.27. The molecule has 82 valence electrons. The number of carbonyl (C=O) groups is 1. The highest BCUT2D eigenvalue weighted by Crippen LogP contribution is 2.13. The molecule has 15 heavy (non-hydrogen) atoms. The van der Waals surface area contributed by atoms with E-state index in [1.54, 1.807) is 37.3 Å². The molecule has 0 aliphatic carbocycles. The van der Waals surface area contributed by atoms with Crippen LogP contribution in [0.4, 0.5) is 0 Å². The Morgan fingerprint density at radius 3 is 2.47 bits per heavy atom. The van der Waals surface area contributed by atoms with E-state index in [2.05, 4.69) is 4.74 Å². The molecule has 4 nitrogen and oxygen atoms in total. The molecule has 2 N–H and O–H groups in total. The fourth-order valence-electron chi connectivity index (χ4n) is 1.16. The molecule has 0 fully saturated rings. The van der Waals surface area contributed by atoms with Crippen molar-refractivity contribution in [2.75, 3.05) is 0 Å². The molecule has 0 unspecified atom stereocenters. The van der Waals surface area contributed by atoms with Gasteiger partial charge in [-0.15, -0.1) is 0 Å². The molecule has 0 spiro atoms. The van der Waals surface area contributed by atoms with Crippen molar-refractivity contribution in [1.82, 2.24) is 0 Å². The molecule has 1 aromatic rings. The van der Waals surface area contributed by atoms with Crippen LogP contribution in [-0.4, -0.2) is 22.2 Å². The van der Waals surface area contributed by atoms with Crippen molar-refractivity contribution in [3.63, 3.8) is 0 Å². The minimum absolute atomic E-state index is 0.00836. The van der Waals surface area contributed by atoms with E-state index in [1.807, 2.05) is 0 Å². The fourth-order valence-corrected chi connectivity index (χ4v) is 1.16. The van der Waals surface area contributed by atoms with Gasteiger partial charge in [-0.1, -0.05) is 25.1 Å². The van der Waals surface area contributed by atoms with Gasteiger partial charge in [0.05, 0.1) is 5.56 Å². The predicted octanol–water partition coefficient (Wildman–Crippen LogP) is 1.28. The number of esters is 1. The van der Waals surface area contributed by atoms with Gasteiger partial charge in [-0.3, -0.25) is 0 Å². The van der Waals surface area contributed by atoms with Crippen molar-refractivity contribution in [3.05, 3.63) is 35.9 Å². The standard InChI is InChI=1S/C11H14O4/c1-2-8-11(13,14)15-10(12)9-6-4-3-5-7-9/h3-7,13-14H,2,8H2,1H3. The number of rotatable bonds is 4. The minimum atomic E-state index is -2.37. The molecule has 0 saturated carbocycles. The molecule has 0 atom stereocenters. The first-order chi connectivity index (χ1) is 7.05. The summed E-state index contributed by atoms with van der Waals surface area (Å²) >= 11 is 0. The molecule has 0 aliphatic rings. The largest absolute Gasteiger partial charge is 0.404 e. The molecule has 1 rings (SSSR count). The predicted molar refractivity (Wildman–Crippen MR) is 53.9 cm³/mol. The summed E-state index contributed by atoms with van der Waals surface area (Å²) in [5, 5.41) is 18.5. The van der Waals surface area contributed by atoms with Crippen LogP contribution < -0.4 is 0 Å². The summed E-state index contributed by atoms with van der Waals surface area (Å²) in [6.07, 6.45) is 0.501. The van der Waals surface area contributed by atoms with Gasteiger partial charge in [0.25, 0.3) is 0 Å². The fraction of sp³-hybridized carbons (Fsp3) is 0.364. The molecule has 0 aliphatic heterocycles. The van der Waals surface area contributed by atoms with Gasteiger partial charge in [0, 0.05) is 6.42 Å². The summed E-state index contributed by atoms with van der Waals surface area (Å²) in [5.74, 6) is -3.11. The van der Waals surface area contributed by atoms with E-state index in [4.69, 9.17) is 0 Å². The summed E-state index contributed by atoms with van der Waals surface area (Å²) in [4.78, 5) is 11.4. The Balaban J connectivity index is 2.64. The third kappa shape index (κ3) is 3.69. The molecule has 1 aromatic carbocycles. The van der Waals surface area contributed by atoms with E-state index in [0.717, 1.165) is 0 Å². The van der Waals surface area contributed by atoms with Gasteiger partial charge in [-0.05, 0) is 18.6 Å². The van der Waals surface area contributed by atoms with Crippen molar-refractivity contribution in [2.45, 2.75) is 25.7 Å². The van der Waals surface area contributed by atoms with Gasteiger partial charge >= 0.3 is 11.9 Å². The van der Waals surface area contributed by atoms with Crippen molar-refractivity contribution < 1.29 is 19.7 Å². The number of benzene rings is 1. The van der Waals surface area contributed by atoms with Gasteiger partial charge in [-0.25, -0.2) is 4.79 Å². The van der Waals surface area contributed by atoms with Crippen molar-refractivity contribution in [1.29, 1.82) is 0 Å². The minimum Gasteiger partial charge on any atom is -0.404 e. The molecule has 0 saturated heterocycles. The van der Waals surface area contributed by atoms with Crippen LogP contribution in [0.15, 0.2) is 30.3 Å². The SMILES string of the molecule is CCCC(O)(O)OC(=O)c1ccccc1. The van der Waals surface area contributed by atoms with E-state index in [1.165, 1.54) is 0 Å². The molecule has 0 aromatic heterocycles. The van der Waals surface area contributed by atoms with Crippen molar-refractivity contribution in [2.24, 2.45) is 0 Å². The number of hydrogen-bond donors (Lipinski definition) is 2. The van der Waals surface area contributed by atoms with Gasteiger partial charge in [0.1, 0.15) is 0 Å². The summed E-state index contributed by atoms with van der Waals surface area (Å²) in [6.45, 7) is 1.76. The second-order valence-corrected chi connectivity index (χ2v) is 3.25. The summed E-state index contributed by atoms with van der Waals surface area (Å²) < 4.78 is 4.54. The molecule has 4 heteroatoms. The lowest BCUT2D eigenvalue weighted by Gasteiger charge is -2.20. The van der Waals surface area contributed by atoms with E-state index >= 15 is 0 Å². The zero-order valence-electron chi connectivity index (χ0n) is 8.51. The van der Waals surface area contributed by atoms with Gasteiger partial charge in [0.15, 0.2) is 0 Å². The van der Waals surface area contributed by atoms with E-state index < -0.39 is 11.9 Å². The lowest BCUT2D eigenvalue weighted by Crippen LogP contribution is -2.34. The Morgan fingerprint density at radius 2 is 1.93 bits per heavy atom. The second kappa shape index (κ2) is 4.91. The maximum absolute atomic E-state index is 11.4. The number of ether oxygens (including phenoxy) is 1. The van der Waals surface area contributed by atoms with Crippen molar-refractivity contribution >= 4 is 5.97 Å². The molecule has 0 radical (unpaired) electrons. The zero-order valence-corrected chi connectivity index (χ0v) is 8.51. The number of carbonyl (C=O) groups excluding carboxylic acids is 1. The second-order valence-electron chi connectivity index (χ2n) is 3.25.